The molecule has 2 aromatic carbocycles. The lowest BCUT2D eigenvalue weighted by molar-refractivity contribution is -0.113. The Morgan fingerprint density at radius 1 is 1.24 bits per heavy atom. The van der Waals surface area contributed by atoms with E-state index in [0.717, 1.165) is 40.9 Å². The van der Waals surface area contributed by atoms with Gasteiger partial charge in [0.25, 0.3) is 5.56 Å². The average molecular weight is 521 g/mol. The van der Waals surface area contributed by atoms with Gasteiger partial charge in [0.2, 0.25) is 5.91 Å². The van der Waals surface area contributed by atoms with Crippen LogP contribution in [0.3, 0.4) is 0 Å². The van der Waals surface area contributed by atoms with E-state index in [0.29, 0.717) is 37.9 Å². The fourth-order valence-corrected chi connectivity index (χ4v) is 5.25. The summed E-state index contributed by atoms with van der Waals surface area (Å²) in [6.07, 6.45) is 0. The molecule has 2 aromatic heterocycles. The minimum atomic E-state index is -0.877. The minimum Gasteiger partial charge on any atom is -0.494 e. The number of halogens is 2. The maximum Gasteiger partial charge on any atom is 0.273 e. The number of fused-ring (bicyclic) bond motifs is 1. The second kappa shape index (κ2) is 10.0. The van der Waals surface area contributed by atoms with Gasteiger partial charge >= 0.3 is 0 Å². The summed E-state index contributed by atoms with van der Waals surface area (Å²) < 4.78 is 36.2. The number of carbonyl (C=O) groups excluding carboxylic acids is 1. The molecule has 2 heterocycles. The molecule has 0 aliphatic rings. The first-order chi connectivity index (χ1) is 16.3. The van der Waals surface area contributed by atoms with Gasteiger partial charge < -0.3 is 10.1 Å². The summed E-state index contributed by atoms with van der Waals surface area (Å²) in [6.45, 7) is 2.44. The smallest absolute Gasteiger partial charge is 0.273 e. The number of anilines is 1. The zero-order valence-corrected chi connectivity index (χ0v) is 20.5. The van der Waals surface area contributed by atoms with E-state index in [9.17, 15) is 18.4 Å². The molecule has 0 unspecified atom stereocenters. The molecule has 1 N–H and O–H groups in total. The Hall–Kier alpha value is -3.09. The van der Waals surface area contributed by atoms with Crippen molar-refractivity contribution in [1.82, 2.24) is 14.1 Å². The normalized spacial score (nSPS) is 11.1. The van der Waals surface area contributed by atoms with Crippen LogP contribution in [0, 0.1) is 15.6 Å². The van der Waals surface area contributed by atoms with E-state index in [1.807, 2.05) is 19.1 Å². The van der Waals surface area contributed by atoms with Crippen molar-refractivity contribution in [3.8, 4) is 11.4 Å². The van der Waals surface area contributed by atoms with Crippen molar-refractivity contribution >= 4 is 57.3 Å². The molecule has 0 aliphatic heterocycles. The Morgan fingerprint density at radius 3 is 2.65 bits per heavy atom. The Balaban J connectivity index is 1.62. The number of thioether (sulfide) groups is 1. The number of benzene rings is 2. The molecule has 34 heavy (non-hydrogen) atoms. The summed E-state index contributed by atoms with van der Waals surface area (Å²) in [5, 5.41) is 2.68. The number of amides is 1. The minimum absolute atomic E-state index is 0.133. The topological polar surface area (TPSA) is 78.1 Å². The van der Waals surface area contributed by atoms with Crippen LogP contribution in [0.25, 0.3) is 16.0 Å². The van der Waals surface area contributed by atoms with Gasteiger partial charge in [0.1, 0.15) is 22.1 Å². The first-order valence-electron chi connectivity index (χ1n) is 10.0. The SMILES string of the molecule is CCOc1ccc(-n2c(=S)sc3c(=O)n(C)c(SCC(=O)Nc4ccc(F)cc4F)nc32)cc1. The van der Waals surface area contributed by atoms with Crippen molar-refractivity contribution in [1.29, 1.82) is 0 Å². The third-order valence-corrected chi connectivity index (χ3v) is 7.10. The van der Waals surface area contributed by atoms with Crippen molar-refractivity contribution in [2.24, 2.45) is 7.05 Å². The molecule has 12 heteroatoms. The number of nitrogens with zero attached hydrogens (tertiary/aromatic N) is 3. The molecule has 0 saturated carbocycles. The molecule has 1 amide bonds. The number of nitrogens with one attached hydrogen (secondary N) is 1. The summed E-state index contributed by atoms with van der Waals surface area (Å²) in [5.74, 6) is -1.58. The first-order valence-corrected chi connectivity index (χ1v) is 12.2. The number of aromatic nitrogens is 3. The molecule has 0 atom stereocenters. The van der Waals surface area contributed by atoms with E-state index < -0.39 is 17.5 Å². The van der Waals surface area contributed by atoms with Crippen LogP contribution >= 0.6 is 35.3 Å². The van der Waals surface area contributed by atoms with Crippen LogP contribution < -0.4 is 15.6 Å². The third kappa shape index (κ3) is 4.88. The monoisotopic (exact) mass is 520 g/mol. The van der Waals surface area contributed by atoms with Crippen LogP contribution in [0.5, 0.6) is 5.75 Å². The highest BCUT2D eigenvalue weighted by atomic mass is 32.2. The zero-order chi connectivity index (χ0) is 24.4. The quantitative estimate of drug-likeness (QED) is 0.212. The van der Waals surface area contributed by atoms with E-state index in [1.54, 1.807) is 23.7 Å². The maximum atomic E-state index is 13.8. The van der Waals surface area contributed by atoms with Crippen molar-refractivity contribution < 1.29 is 18.3 Å². The van der Waals surface area contributed by atoms with Crippen LogP contribution in [0.15, 0.2) is 52.4 Å². The highest BCUT2D eigenvalue weighted by Gasteiger charge is 2.17. The summed E-state index contributed by atoms with van der Waals surface area (Å²) in [4.78, 5) is 29.9. The third-order valence-electron chi connectivity index (χ3n) is 4.72. The lowest BCUT2D eigenvalue weighted by Gasteiger charge is -2.10. The van der Waals surface area contributed by atoms with Gasteiger partial charge in [0, 0.05) is 18.8 Å². The van der Waals surface area contributed by atoms with Gasteiger partial charge in [-0.3, -0.25) is 18.7 Å². The summed E-state index contributed by atoms with van der Waals surface area (Å²) in [6, 6.07) is 10.1. The highest BCUT2D eigenvalue weighted by molar-refractivity contribution is 7.99. The van der Waals surface area contributed by atoms with Crippen molar-refractivity contribution in [2.45, 2.75) is 12.1 Å². The van der Waals surface area contributed by atoms with Crippen LogP contribution in [0.2, 0.25) is 0 Å². The molecule has 0 fully saturated rings. The van der Waals surface area contributed by atoms with Gasteiger partial charge in [-0.2, -0.15) is 0 Å². The van der Waals surface area contributed by atoms with Gasteiger partial charge in [-0.25, -0.2) is 13.8 Å². The molecule has 0 saturated heterocycles. The van der Waals surface area contributed by atoms with E-state index in [1.165, 1.54) is 4.57 Å². The van der Waals surface area contributed by atoms with Crippen molar-refractivity contribution in [3.63, 3.8) is 0 Å². The number of rotatable bonds is 7. The summed E-state index contributed by atoms with van der Waals surface area (Å²) >= 11 is 7.67. The number of ether oxygens (including phenoxy) is 1. The molecule has 0 spiro atoms. The molecule has 176 valence electrons. The average Bonchev–Trinajstić information content (AvgIpc) is 3.14. The second-order valence-corrected chi connectivity index (χ2v) is 9.59. The standard InChI is InChI=1S/C22H18F2N4O3S3/c1-3-31-14-7-5-13(6-8-14)28-19-18(34-22(28)32)20(30)27(2)21(26-19)33-11-17(29)25-16-9-4-12(23)10-15(16)24/h4-10H,3,11H2,1-2H3,(H,25,29). The predicted octanol–water partition coefficient (Wildman–Crippen LogP) is 4.92. The lowest BCUT2D eigenvalue weighted by Crippen LogP contribution is -2.21. The predicted molar refractivity (Wildman–Crippen MR) is 132 cm³/mol. The van der Waals surface area contributed by atoms with Gasteiger partial charge in [-0.05, 0) is 55.5 Å². The maximum absolute atomic E-state index is 13.8. The van der Waals surface area contributed by atoms with E-state index in [-0.39, 0.29) is 17.0 Å². The zero-order valence-electron chi connectivity index (χ0n) is 18.0. The Kier molecular flexibility index (Phi) is 7.10. The van der Waals surface area contributed by atoms with Gasteiger partial charge in [0.05, 0.1) is 18.0 Å². The fourth-order valence-electron chi connectivity index (χ4n) is 3.13. The van der Waals surface area contributed by atoms with E-state index in [2.05, 4.69) is 10.3 Å². The molecule has 0 aliphatic carbocycles. The van der Waals surface area contributed by atoms with Crippen LogP contribution in [0.4, 0.5) is 14.5 Å². The van der Waals surface area contributed by atoms with Crippen LogP contribution in [-0.4, -0.2) is 32.4 Å². The molecule has 4 aromatic rings. The van der Waals surface area contributed by atoms with E-state index >= 15 is 0 Å². The lowest BCUT2D eigenvalue weighted by atomic mass is 10.3. The van der Waals surface area contributed by atoms with Crippen molar-refractivity contribution in [3.05, 3.63) is 68.4 Å². The Morgan fingerprint density at radius 2 is 1.97 bits per heavy atom. The summed E-state index contributed by atoms with van der Waals surface area (Å²) in [5.41, 5.74) is 0.681. The Bertz CT molecular complexity index is 1500. The Labute approximate surface area is 206 Å². The van der Waals surface area contributed by atoms with Gasteiger partial charge in [0.15, 0.2) is 14.8 Å². The van der Waals surface area contributed by atoms with Crippen molar-refractivity contribution in [2.75, 3.05) is 17.7 Å². The molecule has 7 nitrogen and oxygen atoms in total. The number of carbonyl (C=O) groups is 1. The molecule has 0 radical (unpaired) electrons. The largest absolute Gasteiger partial charge is 0.494 e. The molecule has 4 rings (SSSR count). The molecular weight excluding hydrogens is 502 g/mol. The van der Waals surface area contributed by atoms with E-state index in [4.69, 9.17) is 17.0 Å². The first kappa shape index (κ1) is 24.0. The van der Waals surface area contributed by atoms with Crippen LogP contribution in [0.1, 0.15) is 6.92 Å². The highest BCUT2D eigenvalue weighted by Crippen LogP contribution is 2.27. The van der Waals surface area contributed by atoms with Gasteiger partial charge in [-0.1, -0.05) is 23.1 Å². The number of hydrogen-bond acceptors (Lipinski definition) is 7. The summed E-state index contributed by atoms with van der Waals surface area (Å²) in [7, 11) is 1.55. The number of thiazole rings is 1. The number of hydrogen-bond donors (Lipinski definition) is 1. The molecule has 0 bridgehead atoms. The van der Waals surface area contributed by atoms with Gasteiger partial charge in [-0.15, -0.1) is 0 Å². The second-order valence-electron chi connectivity index (χ2n) is 7.00. The van der Waals surface area contributed by atoms with Crippen LogP contribution in [-0.2, 0) is 11.8 Å². The fraction of sp³-hybridized carbons (Fsp3) is 0.182. The molecular formula is C22H18F2N4O3S3.